The minimum absolute atomic E-state index is 0.678. The van der Waals surface area contributed by atoms with Gasteiger partial charge in [0.25, 0.3) is 5.22 Å². The second-order valence-corrected chi connectivity index (χ2v) is 5.05. The van der Waals surface area contributed by atoms with Crippen molar-refractivity contribution in [2.45, 2.75) is 37.3 Å². The van der Waals surface area contributed by atoms with E-state index in [-0.39, 0.29) is 0 Å². The number of nitrogens with one attached hydrogen (secondary N) is 1. The van der Waals surface area contributed by atoms with Crippen molar-refractivity contribution in [3.05, 3.63) is 29.8 Å². The van der Waals surface area contributed by atoms with Gasteiger partial charge < -0.3 is 9.73 Å². The zero-order valence-corrected chi connectivity index (χ0v) is 11.7. The fraction of sp³-hybridized carbons (Fsp3) is 0.385. The molecule has 0 unspecified atom stereocenters. The van der Waals surface area contributed by atoms with Gasteiger partial charge in [-0.1, -0.05) is 6.92 Å². The molecule has 0 bridgehead atoms. The van der Waals surface area contributed by atoms with Gasteiger partial charge in [-0.3, -0.25) is 0 Å². The molecule has 0 radical (unpaired) electrons. The Labute approximate surface area is 111 Å². The Morgan fingerprint density at radius 3 is 2.89 bits per heavy atom. The van der Waals surface area contributed by atoms with E-state index in [1.807, 2.05) is 26.0 Å². The third-order valence-electron chi connectivity index (χ3n) is 2.50. The number of pyridine rings is 1. The molecular weight excluding hydrogens is 246 g/mol. The van der Waals surface area contributed by atoms with E-state index >= 15 is 0 Å². The van der Waals surface area contributed by atoms with E-state index in [1.54, 1.807) is 6.20 Å². The number of aromatic nitrogens is 2. The number of hydrogen-bond acceptors (Lipinski definition) is 5. The van der Waals surface area contributed by atoms with Crippen LogP contribution in [0.2, 0.25) is 0 Å². The average Bonchev–Trinajstić information content (AvgIpc) is 2.66. The summed E-state index contributed by atoms with van der Waals surface area (Å²) >= 11 is 1.51. The summed E-state index contributed by atoms with van der Waals surface area (Å²) in [6.07, 6.45) is 2.88. The smallest absolute Gasteiger partial charge is 0.260 e. The summed E-state index contributed by atoms with van der Waals surface area (Å²) in [7, 11) is 0. The van der Waals surface area contributed by atoms with E-state index in [2.05, 4.69) is 22.2 Å². The molecule has 4 nitrogen and oxygen atoms in total. The SMILES string of the molecule is CCCNc1cc(Sc2nc(C)c(C)o2)ccn1. The highest BCUT2D eigenvalue weighted by molar-refractivity contribution is 7.99. The maximum atomic E-state index is 5.55. The molecule has 96 valence electrons. The van der Waals surface area contributed by atoms with Gasteiger partial charge in [-0.15, -0.1) is 0 Å². The molecule has 0 atom stereocenters. The molecule has 0 fully saturated rings. The minimum atomic E-state index is 0.678. The second kappa shape index (κ2) is 5.91. The first-order chi connectivity index (χ1) is 8.69. The van der Waals surface area contributed by atoms with Gasteiger partial charge in [-0.2, -0.15) is 0 Å². The van der Waals surface area contributed by atoms with Crippen molar-refractivity contribution in [1.29, 1.82) is 0 Å². The van der Waals surface area contributed by atoms with Crippen LogP contribution in [0.25, 0.3) is 0 Å². The number of oxazole rings is 1. The summed E-state index contributed by atoms with van der Waals surface area (Å²) in [5.41, 5.74) is 0.941. The molecule has 0 saturated heterocycles. The summed E-state index contributed by atoms with van der Waals surface area (Å²) in [4.78, 5) is 9.69. The quantitative estimate of drug-likeness (QED) is 0.892. The predicted octanol–water partition coefficient (Wildman–Crippen LogP) is 3.66. The maximum Gasteiger partial charge on any atom is 0.260 e. The van der Waals surface area contributed by atoms with Crippen LogP contribution in [0.3, 0.4) is 0 Å². The van der Waals surface area contributed by atoms with Crippen LogP contribution in [0.15, 0.2) is 32.9 Å². The van der Waals surface area contributed by atoms with E-state index < -0.39 is 0 Å². The molecule has 0 aromatic carbocycles. The van der Waals surface area contributed by atoms with E-state index in [0.29, 0.717) is 5.22 Å². The van der Waals surface area contributed by atoms with Gasteiger partial charge in [0, 0.05) is 17.6 Å². The molecule has 2 aromatic rings. The lowest BCUT2D eigenvalue weighted by molar-refractivity contribution is 0.431. The van der Waals surface area contributed by atoms with Crippen LogP contribution < -0.4 is 5.32 Å². The van der Waals surface area contributed by atoms with Crippen LogP contribution in [0.4, 0.5) is 5.82 Å². The van der Waals surface area contributed by atoms with Crippen LogP contribution in [0.1, 0.15) is 24.8 Å². The molecule has 5 heteroatoms. The van der Waals surface area contributed by atoms with Gasteiger partial charge in [0.1, 0.15) is 11.6 Å². The van der Waals surface area contributed by atoms with Crippen molar-refractivity contribution in [1.82, 2.24) is 9.97 Å². The third kappa shape index (κ3) is 3.26. The number of hydrogen-bond donors (Lipinski definition) is 1. The first kappa shape index (κ1) is 13.0. The molecule has 1 N–H and O–H groups in total. The zero-order chi connectivity index (χ0) is 13.0. The summed E-state index contributed by atoms with van der Waals surface area (Å²) < 4.78 is 5.55. The minimum Gasteiger partial charge on any atom is -0.436 e. The highest BCUT2D eigenvalue weighted by Crippen LogP contribution is 2.29. The van der Waals surface area contributed by atoms with E-state index in [9.17, 15) is 0 Å². The Morgan fingerprint density at radius 2 is 2.22 bits per heavy atom. The summed E-state index contributed by atoms with van der Waals surface area (Å²) in [5.74, 6) is 1.76. The third-order valence-corrected chi connectivity index (χ3v) is 3.34. The number of anilines is 1. The molecule has 2 aromatic heterocycles. The Morgan fingerprint density at radius 1 is 1.39 bits per heavy atom. The van der Waals surface area contributed by atoms with E-state index in [1.165, 1.54) is 11.8 Å². The monoisotopic (exact) mass is 263 g/mol. The van der Waals surface area contributed by atoms with Crippen molar-refractivity contribution in [3.63, 3.8) is 0 Å². The molecule has 0 aliphatic rings. The molecule has 0 saturated carbocycles. The van der Waals surface area contributed by atoms with Gasteiger partial charge in [0.2, 0.25) is 0 Å². The van der Waals surface area contributed by atoms with Gasteiger partial charge >= 0.3 is 0 Å². The Kier molecular flexibility index (Phi) is 4.25. The number of aryl methyl sites for hydroxylation is 2. The molecule has 0 amide bonds. The second-order valence-electron chi connectivity index (χ2n) is 4.03. The number of nitrogens with zero attached hydrogens (tertiary/aromatic N) is 2. The highest BCUT2D eigenvalue weighted by atomic mass is 32.2. The molecular formula is C13H17N3OS. The Bertz CT molecular complexity index is 505. The van der Waals surface area contributed by atoms with Gasteiger partial charge in [-0.05, 0) is 44.2 Å². The van der Waals surface area contributed by atoms with Crippen LogP contribution >= 0.6 is 11.8 Å². The van der Waals surface area contributed by atoms with Gasteiger partial charge in [-0.25, -0.2) is 9.97 Å². The zero-order valence-electron chi connectivity index (χ0n) is 10.9. The van der Waals surface area contributed by atoms with Crippen molar-refractivity contribution < 1.29 is 4.42 Å². The predicted molar refractivity (Wildman–Crippen MR) is 73.1 cm³/mol. The van der Waals surface area contributed by atoms with Crippen molar-refractivity contribution in [2.75, 3.05) is 11.9 Å². The van der Waals surface area contributed by atoms with Gasteiger partial charge in [0.05, 0.1) is 5.69 Å². The van der Waals surface area contributed by atoms with Crippen molar-refractivity contribution in [3.8, 4) is 0 Å². The van der Waals surface area contributed by atoms with Gasteiger partial charge in [0.15, 0.2) is 0 Å². The highest BCUT2D eigenvalue weighted by Gasteiger charge is 2.07. The van der Waals surface area contributed by atoms with E-state index in [4.69, 9.17) is 4.42 Å². The largest absolute Gasteiger partial charge is 0.436 e. The van der Waals surface area contributed by atoms with Crippen molar-refractivity contribution in [2.24, 2.45) is 0 Å². The normalized spacial score (nSPS) is 10.6. The first-order valence-corrected chi connectivity index (χ1v) is 6.82. The lowest BCUT2D eigenvalue weighted by atomic mass is 10.4. The fourth-order valence-corrected chi connectivity index (χ4v) is 2.26. The molecule has 0 aliphatic heterocycles. The van der Waals surface area contributed by atoms with Crippen LogP contribution in [-0.4, -0.2) is 16.5 Å². The Balaban J connectivity index is 2.09. The molecule has 2 rings (SSSR count). The van der Waals surface area contributed by atoms with Crippen LogP contribution in [0.5, 0.6) is 0 Å². The topological polar surface area (TPSA) is 51.0 Å². The molecule has 0 spiro atoms. The lowest BCUT2D eigenvalue weighted by Gasteiger charge is -2.04. The fourth-order valence-electron chi connectivity index (χ4n) is 1.41. The van der Waals surface area contributed by atoms with Crippen molar-refractivity contribution >= 4 is 17.6 Å². The molecule has 0 aliphatic carbocycles. The van der Waals surface area contributed by atoms with Crippen LogP contribution in [0, 0.1) is 13.8 Å². The van der Waals surface area contributed by atoms with E-state index in [0.717, 1.165) is 35.1 Å². The summed E-state index contributed by atoms with van der Waals surface area (Å²) in [5, 5.41) is 3.94. The lowest BCUT2D eigenvalue weighted by Crippen LogP contribution is -2.01. The number of rotatable bonds is 5. The maximum absolute atomic E-state index is 5.55. The first-order valence-electron chi connectivity index (χ1n) is 6.01. The van der Waals surface area contributed by atoms with Crippen LogP contribution in [-0.2, 0) is 0 Å². The standard InChI is InChI=1S/C13H17N3OS/c1-4-6-14-12-8-11(5-7-15-12)18-13-16-9(2)10(3)17-13/h5,7-8H,4,6H2,1-3H3,(H,14,15). The summed E-state index contributed by atoms with van der Waals surface area (Å²) in [6, 6.07) is 3.96. The average molecular weight is 263 g/mol. The summed E-state index contributed by atoms with van der Waals surface area (Å²) in [6.45, 7) is 6.93. The molecule has 18 heavy (non-hydrogen) atoms. The Hall–Kier alpha value is -1.49. The molecule has 2 heterocycles.